The summed E-state index contributed by atoms with van der Waals surface area (Å²) in [5.74, 6) is -0.640. The number of hydrogen-bond acceptors (Lipinski definition) is 5. The van der Waals surface area contributed by atoms with Crippen molar-refractivity contribution in [1.82, 2.24) is 4.90 Å². The first-order valence-corrected chi connectivity index (χ1v) is 8.55. The van der Waals surface area contributed by atoms with Gasteiger partial charge in [-0.3, -0.25) is 14.6 Å². The molecule has 2 heterocycles. The number of carbonyl (C=O) groups excluding carboxylic acids is 3. The molecule has 2 saturated heterocycles. The summed E-state index contributed by atoms with van der Waals surface area (Å²) in [5, 5.41) is -0.408. The van der Waals surface area contributed by atoms with E-state index in [4.69, 9.17) is 9.47 Å². The minimum absolute atomic E-state index is 0.0955. The van der Waals surface area contributed by atoms with Crippen LogP contribution < -0.4 is 9.80 Å². The van der Waals surface area contributed by atoms with E-state index in [0.717, 1.165) is 0 Å². The number of anilines is 2. The van der Waals surface area contributed by atoms with Gasteiger partial charge in [-0.1, -0.05) is 12.6 Å². The van der Waals surface area contributed by atoms with Crippen LogP contribution in [0, 0.1) is 5.82 Å². The number of amides is 3. The van der Waals surface area contributed by atoms with Crippen molar-refractivity contribution in [2.24, 2.45) is 0 Å². The van der Waals surface area contributed by atoms with E-state index in [0.29, 0.717) is 12.2 Å². The van der Waals surface area contributed by atoms with Gasteiger partial charge in [0, 0.05) is 6.54 Å². The van der Waals surface area contributed by atoms with Crippen molar-refractivity contribution < 1.29 is 28.2 Å². The number of cyclic esters (lactones) is 2. The zero-order valence-electron chi connectivity index (χ0n) is 14.1. The lowest BCUT2D eigenvalue weighted by atomic mass is 10.2. The maximum atomic E-state index is 14.4. The zero-order chi connectivity index (χ0) is 18.8. The molecule has 8 nitrogen and oxygen atoms in total. The lowest BCUT2D eigenvalue weighted by Gasteiger charge is -2.21. The molecule has 0 saturated carbocycles. The summed E-state index contributed by atoms with van der Waals surface area (Å²) in [6, 6.07) is 4.13. The van der Waals surface area contributed by atoms with E-state index in [2.05, 4.69) is 12.6 Å². The highest BCUT2D eigenvalue weighted by atomic mass is 32.1. The van der Waals surface area contributed by atoms with Gasteiger partial charge < -0.3 is 14.4 Å². The summed E-state index contributed by atoms with van der Waals surface area (Å²) in [7, 11) is 0. The second-order valence-electron chi connectivity index (χ2n) is 5.84. The first kappa shape index (κ1) is 18.3. The lowest BCUT2D eigenvalue weighted by Crippen LogP contribution is -2.36. The molecule has 2 aliphatic rings. The van der Waals surface area contributed by atoms with Crippen molar-refractivity contribution in [2.45, 2.75) is 13.0 Å². The Bertz CT molecular complexity index is 747. The van der Waals surface area contributed by atoms with Crippen LogP contribution in [0.1, 0.15) is 6.92 Å². The summed E-state index contributed by atoms with van der Waals surface area (Å²) >= 11 is 3.78. The molecule has 10 heteroatoms. The summed E-state index contributed by atoms with van der Waals surface area (Å²) in [6.07, 6.45) is -1.76. The highest BCUT2D eigenvalue weighted by molar-refractivity contribution is 7.96. The Morgan fingerprint density at radius 3 is 2.69 bits per heavy atom. The molecule has 0 aliphatic carbocycles. The highest BCUT2D eigenvalue weighted by Gasteiger charge is 2.35. The number of likely N-dealkylation sites (N-methyl/N-ethyl adjacent to an activating group) is 1. The molecule has 26 heavy (non-hydrogen) atoms. The SMILES string of the molecule is CCN(C[C@@H]1CN(c2ccc(N3CCOC3=O)c(F)c2)C(=O)O1)C(=O)S. The van der Waals surface area contributed by atoms with E-state index in [1.165, 1.54) is 32.9 Å². The molecule has 2 fully saturated rings. The minimum Gasteiger partial charge on any atom is -0.447 e. The summed E-state index contributed by atoms with van der Waals surface area (Å²) in [5.41, 5.74) is 0.407. The van der Waals surface area contributed by atoms with E-state index in [1.54, 1.807) is 6.92 Å². The molecular weight excluding hydrogens is 365 g/mol. The molecule has 1 aromatic rings. The van der Waals surface area contributed by atoms with Crippen LogP contribution in [0.15, 0.2) is 18.2 Å². The Morgan fingerprint density at radius 1 is 1.35 bits per heavy atom. The predicted octanol–water partition coefficient (Wildman–Crippen LogP) is 2.48. The predicted molar refractivity (Wildman–Crippen MR) is 94.3 cm³/mol. The van der Waals surface area contributed by atoms with Gasteiger partial charge in [-0.25, -0.2) is 14.0 Å². The number of ether oxygens (including phenoxy) is 2. The van der Waals surface area contributed by atoms with Crippen LogP contribution in [0.25, 0.3) is 0 Å². The monoisotopic (exact) mass is 383 g/mol. The summed E-state index contributed by atoms with van der Waals surface area (Å²) < 4.78 is 24.5. The number of nitrogens with zero attached hydrogens (tertiary/aromatic N) is 3. The van der Waals surface area contributed by atoms with Gasteiger partial charge in [0.15, 0.2) is 0 Å². The third-order valence-corrected chi connectivity index (χ3v) is 4.53. The zero-order valence-corrected chi connectivity index (χ0v) is 14.9. The number of carbonyl (C=O) groups is 3. The van der Waals surface area contributed by atoms with Crippen LogP contribution in [0.5, 0.6) is 0 Å². The quantitative estimate of drug-likeness (QED) is 0.791. The Morgan fingerprint density at radius 2 is 2.12 bits per heavy atom. The number of hydrogen-bond donors (Lipinski definition) is 1. The lowest BCUT2D eigenvalue weighted by molar-refractivity contribution is 0.120. The van der Waals surface area contributed by atoms with Gasteiger partial charge in [0.25, 0.3) is 5.24 Å². The fraction of sp³-hybridized carbons (Fsp3) is 0.438. The van der Waals surface area contributed by atoms with E-state index in [9.17, 15) is 18.8 Å². The van der Waals surface area contributed by atoms with Gasteiger partial charge in [0.2, 0.25) is 0 Å². The highest BCUT2D eigenvalue weighted by Crippen LogP contribution is 2.29. The molecule has 1 aromatic carbocycles. The second-order valence-corrected chi connectivity index (χ2v) is 6.22. The van der Waals surface area contributed by atoms with E-state index in [-0.39, 0.29) is 31.9 Å². The molecule has 140 valence electrons. The van der Waals surface area contributed by atoms with Crippen LogP contribution in [0.2, 0.25) is 0 Å². The fourth-order valence-corrected chi connectivity index (χ4v) is 3.13. The average molecular weight is 383 g/mol. The third kappa shape index (κ3) is 3.55. The maximum Gasteiger partial charge on any atom is 0.414 e. The first-order chi connectivity index (χ1) is 12.4. The van der Waals surface area contributed by atoms with Crippen LogP contribution >= 0.6 is 12.6 Å². The minimum atomic E-state index is -0.640. The molecule has 0 radical (unpaired) electrons. The number of thiol groups is 1. The van der Waals surface area contributed by atoms with Gasteiger partial charge in [0.1, 0.15) is 18.5 Å². The molecule has 3 rings (SSSR count). The Hall–Kier alpha value is -2.49. The first-order valence-electron chi connectivity index (χ1n) is 8.10. The molecule has 0 unspecified atom stereocenters. The van der Waals surface area contributed by atoms with Crippen LogP contribution in [-0.4, -0.2) is 61.2 Å². The smallest absolute Gasteiger partial charge is 0.414 e. The topological polar surface area (TPSA) is 79.4 Å². The summed E-state index contributed by atoms with van der Waals surface area (Å²) in [4.78, 5) is 39.0. The third-order valence-electron chi connectivity index (χ3n) is 4.24. The van der Waals surface area contributed by atoms with E-state index >= 15 is 0 Å². The molecule has 3 amide bonds. The van der Waals surface area contributed by atoms with E-state index < -0.39 is 29.3 Å². The van der Waals surface area contributed by atoms with Crippen molar-refractivity contribution in [3.05, 3.63) is 24.0 Å². The fourth-order valence-electron chi connectivity index (χ4n) is 2.91. The van der Waals surface area contributed by atoms with Crippen molar-refractivity contribution in [3.8, 4) is 0 Å². The summed E-state index contributed by atoms with van der Waals surface area (Å²) in [6.45, 7) is 3.10. The van der Waals surface area contributed by atoms with Gasteiger partial charge in [-0.15, -0.1) is 0 Å². The van der Waals surface area contributed by atoms with Crippen LogP contribution in [-0.2, 0) is 9.47 Å². The normalized spacial score (nSPS) is 19.6. The van der Waals surface area contributed by atoms with Gasteiger partial charge in [0.05, 0.1) is 31.0 Å². The molecular formula is C16H18FN3O5S. The maximum absolute atomic E-state index is 14.4. The van der Waals surface area contributed by atoms with Crippen molar-refractivity contribution in [2.75, 3.05) is 42.6 Å². The largest absolute Gasteiger partial charge is 0.447 e. The average Bonchev–Trinajstić information content (AvgIpc) is 3.18. The van der Waals surface area contributed by atoms with Crippen molar-refractivity contribution >= 4 is 41.4 Å². The van der Waals surface area contributed by atoms with Crippen LogP contribution in [0.4, 0.5) is 30.1 Å². The molecule has 1 atom stereocenters. The Kier molecular flexibility index (Phi) is 5.21. The van der Waals surface area contributed by atoms with Crippen LogP contribution in [0.3, 0.4) is 0 Å². The van der Waals surface area contributed by atoms with Crippen molar-refractivity contribution in [1.29, 1.82) is 0 Å². The molecule has 0 spiro atoms. The standard InChI is InChI=1S/C16H18FN3O5S/c1-2-18(16(23)26)8-11-9-20(15(22)25-11)10-3-4-13(12(17)7-10)19-5-6-24-14(19)21/h3-4,7,11H,2,5-6,8-9H2,1H3,(H,23,26)/t11-/m1/s1. The van der Waals surface area contributed by atoms with Gasteiger partial charge in [-0.2, -0.15) is 0 Å². The molecule has 0 bridgehead atoms. The molecule has 0 aromatic heterocycles. The Labute approximate surface area is 154 Å². The number of halogens is 1. The number of rotatable bonds is 5. The van der Waals surface area contributed by atoms with Gasteiger partial charge >= 0.3 is 12.2 Å². The Balaban J connectivity index is 1.73. The van der Waals surface area contributed by atoms with E-state index in [1.807, 2.05) is 0 Å². The molecule has 0 N–H and O–H groups in total. The van der Waals surface area contributed by atoms with Crippen molar-refractivity contribution in [3.63, 3.8) is 0 Å². The molecule has 2 aliphatic heterocycles. The number of benzene rings is 1. The van der Waals surface area contributed by atoms with Gasteiger partial charge in [-0.05, 0) is 25.1 Å². The second kappa shape index (κ2) is 7.40.